The van der Waals surface area contributed by atoms with Crippen LogP contribution in [0.15, 0.2) is 35.2 Å². The average Bonchev–Trinajstić information content (AvgIpc) is 2.40. The van der Waals surface area contributed by atoms with Crippen LogP contribution in [-0.2, 0) is 6.54 Å². The molecule has 2 heterocycles. The molecule has 0 aromatic carbocycles. The molecule has 0 unspecified atom stereocenters. The number of carbonyl (C=O) groups excluding carboxylic acids is 1. The molecule has 19 heavy (non-hydrogen) atoms. The van der Waals surface area contributed by atoms with E-state index in [-0.39, 0.29) is 11.7 Å². The first-order valence-corrected chi connectivity index (χ1v) is 6.46. The predicted molar refractivity (Wildman–Crippen MR) is 76.5 cm³/mol. The molecular formula is C13H13BrN4O. The van der Waals surface area contributed by atoms with Gasteiger partial charge < -0.3 is 11.1 Å². The van der Waals surface area contributed by atoms with Crippen LogP contribution in [0.1, 0.15) is 21.5 Å². The Bertz CT molecular complexity index is 615. The summed E-state index contributed by atoms with van der Waals surface area (Å²) in [6, 6.07) is 3.52. The smallest absolute Gasteiger partial charge is 0.255 e. The molecule has 0 saturated heterocycles. The van der Waals surface area contributed by atoms with Crippen LogP contribution in [0.2, 0.25) is 0 Å². The van der Waals surface area contributed by atoms with Gasteiger partial charge in [-0.1, -0.05) is 0 Å². The van der Waals surface area contributed by atoms with E-state index in [2.05, 4.69) is 31.2 Å². The zero-order chi connectivity index (χ0) is 13.8. The van der Waals surface area contributed by atoms with E-state index < -0.39 is 0 Å². The maximum Gasteiger partial charge on any atom is 0.255 e. The molecule has 2 aromatic rings. The Morgan fingerprint density at radius 3 is 3.00 bits per heavy atom. The number of hydrogen-bond donors (Lipinski definition) is 2. The monoisotopic (exact) mass is 320 g/mol. The lowest BCUT2D eigenvalue weighted by molar-refractivity contribution is 0.0951. The first kappa shape index (κ1) is 13.5. The summed E-state index contributed by atoms with van der Waals surface area (Å²) < 4.78 is 0.715. The Balaban J connectivity index is 2.10. The van der Waals surface area contributed by atoms with Crippen LogP contribution in [0.3, 0.4) is 0 Å². The fourth-order valence-electron chi connectivity index (χ4n) is 1.60. The molecule has 0 saturated carbocycles. The largest absolute Gasteiger partial charge is 0.383 e. The molecule has 0 radical (unpaired) electrons. The van der Waals surface area contributed by atoms with E-state index in [0.717, 1.165) is 11.1 Å². The standard InChI is InChI=1S/C13H13BrN4O/c1-8-5-16-3-2-9(8)6-18-13(19)11-4-10(14)7-17-12(11)15/h2-5,7H,6H2,1H3,(H2,15,17)(H,18,19). The lowest BCUT2D eigenvalue weighted by Crippen LogP contribution is -2.24. The number of halogens is 1. The van der Waals surface area contributed by atoms with Crippen molar-refractivity contribution in [3.63, 3.8) is 0 Å². The van der Waals surface area contributed by atoms with Crippen molar-refractivity contribution in [2.75, 3.05) is 5.73 Å². The van der Waals surface area contributed by atoms with E-state index in [1.807, 2.05) is 13.0 Å². The molecule has 0 aliphatic rings. The Morgan fingerprint density at radius 2 is 2.26 bits per heavy atom. The normalized spacial score (nSPS) is 10.2. The summed E-state index contributed by atoms with van der Waals surface area (Å²) in [4.78, 5) is 20.0. The fourth-order valence-corrected chi connectivity index (χ4v) is 1.93. The minimum atomic E-state index is -0.248. The maximum atomic E-state index is 12.0. The second-order valence-electron chi connectivity index (χ2n) is 4.07. The number of nitrogens with two attached hydrogens (primary N) is 1. The molecule has 2 aromatic heterocycles. The van der Waals surface area contributed by atoms with Crippen LogP contribution in [0, 0.1) is 6.92 Å². The number of nitrogen functional groups attached to an aromatic ring is 1. The number of carbonyl (C=O) groups is 1. The highest BCUT2D eigenvalue weighted by atomic mass is 79.9. The minimum Gasteiger partial charge on any atom is -0.383 e. The molecule has 2 rings (SSSR count). The summed E-state index contributed by atoms with van der Waals surface area (Å²) in [6.07, 6.45) is 5.01. The SMILES string of the molecule is Cc1cnccc1CNC(=O)c1cc(Br)cnc1N. The van der Waals surface area contributed by atoms with Crippen molar-refractivity contribution in [2.45, 2.75) is 13.5 Å². The van der Waals surface area contributed by atoms with Crippen LogP contribution in [-0.4, -0.2) is 15.9 Å². The lowest BCUT2D eigenvalue weighted by Gasteiger charge is -2.09. The summed E-state index contributed by atoms with van der Waals surface area (Å²) >= 11 is 3.27. The molecule has 0 aliphatic heterocycles. The summed E-state index contributed by atoms with van der Waals surface area (Å²) in [5.41, 5.74) is 8.10. The molecule has 0 spiro atoms. The molecule has 0 fully saturated rings. The van der Waals surface area contributed by atoms with Gasteiger partial charge in [0.05, 0.1) is 5.56 Å². The highest BCUT2D eigenvalue weighted by Crippen LogP contribution is 2.15. The Morgan fingerprint density at radius 1 is 1.47 bits per heavy atom. The number of amides is 1. The second-order valence-corrected chi connectivity index (χ2v) is 4.99. The van der Waals surface area contributed by atoms with Gasteiger partial charge in [-0.15, -0.1) is 0 Å². The van der Waals surface area contributed by atoms with E-state index >= 15 is 0 Å². The van der Waals surface area contributed by atoms with E-state index in [4.69, 9.17) is 5.73 Å². The van der Waals surface area contributed by atoms with Gasteiger partial charge in [0.15, 0.2) is 0 Å². The summed E-state index contributed by atoms with van der Waals surface area (Å²) in [6.45, 7) is 2.38. The van der Waals surface area contributed by atoms with E-state index in [9.17, 15) is 4.79 Å². The number of aromatic nitrogens is 2. The maximum absolute atomic E-state index is 12.0. The first-order chi connectivity index (χ1) is 9.08. The van der Waals surface area contributed by atoms with Crippen LogP contribution in [0.4, 0.5) is 5.82 Å². The van der Waals surface area contributed by atoms with Crippen molar-refractivity contribution in [1.82, 2.24) is 15.3 Å². The summed E-state index contributed by atoms with van der Waals surface area (Å²) in [7, 11) is 0. The summed E-state index contributed by atoms with van der Waals surface area (Å²) in [5.74, 6) is -0.0327. The third-order valence-corrected chi connectivity index (χ3v) is 3.14. The molecule has 0 bridgehead atoms. The predicted octanol–water partition coefficient (Wildman–Crippen LogP) is 2.06. The minimum absolute atomic E-state index is 0.215. The van der Waals surface area contributed by atoms with Crippen molar-refractivity contribution in [3.8, 4) is 0 Å². The van der Waals surface area contributed by atoms with Gasteiger partial charge in [-0.2, -0.15) is 0 Å². The van der Waals surface area contributed by atoms with Crippen LogP contribution < -0.4 is 11.1 Å². The van der Waals surface area contributed by atoms with Crippen molar-refractivity contribution < 1.29 is 4.79 Å². The van der Waals surface area contributed by atoms with Gasteiger partial charge in [-0.25, -0.2) is 4.98 Å². The van der Waals surface area contributed by atoms with Crippen LogP contribution >= 0.6 is 15.9 Å². The third kappa shape index (κ3) is 3.29. The lowest BCUT2D eigenvalue weighted by atomic mass is 10.1. The Kier molecular flexibility index (Phi) is 4.11. The number of nitrogens with zero attached hydrogens (tertiary/aromatic N) is 2. The van der Waals surface area contributed by atoms with Crippen molar-refractivity contribution >= 4 is 27.7 Å². The molecular weight excluding hydrogens is 308 g/mol. The van der Waals surface area contributed by atoms with Gasteiger partial charge in [0.1, 0.15) is 5.82 Å². The van der Waals surface area contributed by atoms with Gasteiger partial charge in [0.2, 0.25) is 0 Å². The van der Waals surface area contributed by atoms with Crippen molar-refractivity contribution in [3.05, 3.63) is 51.9 Å². The second kappa shape index (κ2) is 5.79. The highest BCUT2D eigenvalue weighted by molar-refractivity contribution is 9.10. The molecule has 5 nitrogen and oxygen atoms in total. The highest BCUT2D eigenvalue weighted by Gasteiger charge is 2.11. The quantitative estimate of drug-likeness (QED) is 0.907. The number of hydrogen-bond acceptors (Lipinski definition) is 4. The molecule has 1 amide bonds. The van der Waals surface area contributed by atoms with Gasteiger partial charge in [-0.3, -0.25) is 9.78 Å². The average molecular weight is 321 g/mol. The topological polar surface area (TPSA) is 80.9 Å². The summed E-state index contributed by atoms with van der Waals surface area (Å²) in [5, 5.41) is 2.82. The van der Waals surface area contributed by atoms with Gasteiger partial charge in [0.25, 0.3) is 5.91 Å². The fraction of sp³-hybridized carbons (Fsp3) is 0.154. The van der Waals surface area contributed by atoms with Gasteiger partial charge >= 0.3 is 0 Å². The first-order valence-electron chi connectivity index (χ1n) is 5.66. The van der Waals surface area contributed by atoms with E-state index in [1.54, 1.807) is 24.7 Å². The molecule has 0 atom stereocenters. The zero-order valence-electron chi connectivity index (χ0n) is 10.4. The number of rotatable bonds is 3. The van der Waals surface area contributed by atoms with Crippen LogP contribution in [0.25, 0.3) is 0 Å². The number of pyridine rings is 2. The molecule has 3 N–H and O–H groups in total. The Hall–Kier alpha value is -1.95. The van der Waals surface area contributed by atoms with Gasteiger partial charge in [-0.05, 0) is 46.1 Å². The zero-order valence-corrected chi connectivity index (χ0v) is 11.9. The van der Waals surface area contributed by atoms with E-state index in [0.29, 0.717) is 16.6 Å². The van der Waals surface area contributed by atoms with Crippen molar-refractivity contribution in [1.29, 1.82) is 0 Å². The van der Waals surface area contributed by atoms with Crippen LogP contribution in [0.5, 0.6) is 0 Å². The molecule has 6 heteroatoms. The van der Waals surface area contributed by atoms with E-state index in [1.165, 1.54) is 0 Å². The number of aryl methyl sites for hydroxylation is 1. The number of nitrogens with one attached hydrogen (secondary N) is 1. The Labute approximate surface area is 119 Å². The number of anilines is 1. The van der Waals surface area contributed by atoms with Gasteiger partial charge in [0, 0.05) is 29.6 Å². The van der Waals surface area contributed by atoms with Crippen molar-refractivity contribution in [2.24, 2.45) is 0 Å². The molecule has 0 aliphatic carbocycles. The molecule has 98 valence electrons. The third-order valence-electron chi connectivity index (χ3n) is 2.71.